The van der Waals surface area contributed by atoms with Crippen LogP contribution in [0.1, 0.15) is 11.6 Å². The van der Waals surface area contributed by atoms with Gasteiger partial charge in [-0.2, -0.15) is 0 Å². The lowest BCUT2D eigenvalue weighted by atomic mass is 10.1. The third-order valence-electron chi connectivity index (χ3n) is 2.14. The summed E-state index contributed by atoms with van der Waals surface area (Å²) in [5, 5.41) is 30.1. The predicted molar refractivity (Wildman–Crippen MR) is 59.1 cm³/mol. The van der Waals surface area contributed by atoms with Crippen LogP contribution in [0.3, 0.4) is 0 Å². The lowest BCUT2D eigenvalue weighted by Crippen LogP contribution is -2.32. The Morgan fingerprint density at radius 3 is 2.22 bits per heavy atom. The molecule has 0 bridgehead atoms. The first-order valence-electron chi connectivity index (χ1n) is 4.84. The molecule has 96 valence electrons. The van der Waals surface area contributed by atoms with Gasteiger partial charge in [-0.1, -0.05) is 12.1 Å². The monoisotopic (exact) mass is 254 g/mol. The summed E-state index contributed by atoms with van der Waals surface area (Å²) in [6.07, 6.45) is 0. The normalized spacial score (nSPS) is 11.8. The number of benzene rings is 1. The average Bonchev–Trinajstić information content (AvgIpc) is 2.29. The number of hydrogen-bond acceptors (Lipinski definition) is 5. The van der Waals surface area contributed by atoms with Gasteiger partial charge in [-0.05, 0) is 5.56 Å². The molecule has 0 spiro atoms. The van der Waals surface area contributed by atoms with E-state index < -0.39 is 29.4 Å². The fourth-order valence-corrected chi connectivity index (χ4v) is 1.33. The fraction of sp³-hybridized carbons (Fsp3) is 0.200. The van der Waals surface area contributed by atoms with Crippen LogP contribution in [0.15, 0.2) is 24.3 Å². The summed E-state index contributed by atoms with van der Waals surface area (Å²) >= 11 is 0. The molecule has 0 aliphatic rings. The molecule has 0 fully saturated rings. The smallest absolute Gasteiger partial charge is 0.325 e. The molecule has 0 saturated heterocycles. The molecule has 1 aromatic rings. The van der Waals surface area contributed by atoms with Crippen molar-refractivity contribution in [2.75, 3.05) is 6.54 Å². The molecule has 1 unspecified atom stereocenters. The Hall–Kier alpha value is -2.48. The lowest BCUT2D eigenvalue weighted by molar-refractivity contribution is -0.384. The van der Waals surface area contributed by atoms with E-state index in [0.717, 1.165) is 12.1 Å². The molecule has 1 aromatic carbocycles. The Morgan fingerprint density at radius 1 is 1.28 bits per heavy atom. The Morgan fingerprint density at radius 2 is 1.83 bits per heavy atom. The van der Waals surface area contributed by atoms with Crippen molar-refractivity contribution in [2.24, 2.45) is 0 Å². The van der Waals surface area contributed by atoms with E-state index in [-0.39, 0.29) is 11.3 Å². The van der Waals surface area contributed by atoms with Crippen molar-refractivity contribution < 1.29 is 24.7 Å². The molecule has 0 saturated carbocycles. The number of non-ortho nitro benzene ring substituents is 1. The number of nitro benzene ring substituents is 1. The maximum absolute atomic E-state index is 10.9. The van der Waals surface area contributed by atoms with E-state index in [1.165, 1.54) is 12.1 Å². The van der Waals surface area contributed by atoms with E-state index in [9.17, 15) is 19.7 Å². The summed E-state index contributed by atoms with van der Waals surface area (Å²) in [7, 11) is 0. The highest BCUT2D eigenvalue weighted by Crippen LogP contribution is 2.17. The molecule has 1 rings (SSSR count). The molecule has 8 heteroatoms. The van der Waals surface area contributed by atoms with Crippen LogP contribution in [0.5, 0.6) is 0 Å². The van der Waals surface area contributed by atoms with Gasteiger partial charge in [-0.15, -0.1) is 0 Å². The van der Waals surface area contributed by atoms with E-state index in [1.807, 2.05) is 0 Å². The second-order valence-electron chi connectivity index (χ2n) is 3.39. The molecule has 0 amide bonds. The topological polar surface area (TPSA) is 130 Å². The van der Waals surface area contributed by atoms with Crippen LogP contribution in [0.4, 0.5) is 5.69 Å². The Labute approximate surface area is 101 Å². The second kappa shape index (κ2) is 5.73. The van der Waals surface area contributed by atoms with Crippen molar-refractivity contribution in [1.82, 2.24) is 5.32 Å². The van der Waals surface area contributed by atoms with Crippen LogP contribution in [-0.4, -0.2) is 33.6 Å². The van der Waals surface area contributed by atoms with Gasteiger partial charge in [-0.3, -0.25) is 25.0 Å². The summed E-state index contributed by atoms with van der Waals surface area (Å²) in [6, 6.07) is 3.64. The highest BCUT2D eigenvalue weighted by atomic mass is 16.6. The minimum absolute atomic E-state index is 0.166. The van der Waals surface area contributed by atoms with E-state index in [4.69, 9.17) is 10.2 Å². The molecule has 0 aliphatic carbocycles. The first-order chi connectivity index (χ1) is 8.41. The predicted octanol–water partition coefficient (Wildman–Crippen LogP) is 0.395. The van der Waals surface area contributed by atoms with Gasteiger partial charge in [0.25, 0.3) is 5.69 Å². The van der Waals surface area contributed by atoms with Crippen LogP contribution >= 0.6 is 0 Å². The van der Waals surface area contributed by atoms with E-state index in [1.54, 1.807) is 0 Å². The third kappa shape index (κ3) is 3.52. The van der Waals surface area contributed by atoms with Crippen LogP contribution in [0.25, 0.3) is 0 Å². The number of nitrogens with zero attached hydrogens (tertiary/aromatic N) is 1. The molecule has 0 aliphatic heterocycles. The first-order valence-corrected chi connectivity index (χ1v) is 4.84. The minimum Gasteiger partial charge on any atom is -0.480 e. The van der Waals surface area contributed by atoms with E-state index in [0.29, 0.717) is 0 Å². The maximum atomic E-state index is 10.9. The summed E-state index contributed by atoms with van der Waals surface area (Å²) in [6.45, 7) is -0.520. The van der Waals surface area contributed by atoms with Gasteiger partial charge in [0.1, 0.15) is 6.04 Å². The van der Waals surface area contributed by atoms with Crippen LogP contribution in [0, 0.1) is 10.1 Å². The van der Waals surface area contributed by atoms with Crippen molar-refractivity contribution in [3.8, 4) is 0 Å². The van der Waals surface area contributed by atoms with E-state index >= 15 is 0 Å². The maximum Gasteiger partial charge on any atom is 0.325 e. The zero-order valence-corrected chi connectivity index (χ0v) is 9.07. The van der Waals surface area contributed by atoms with Gasteiger partial charge in [0.15, 0.2) is 0 Å². The Balaban J connectivity index is 2.89. The van der Waals surface area contributed by atoms with Crippen LogP contribution in [-0.2, 0) is 9.59 Å². The first kappa shape index (κ1) is 13.6. The van der Waals surface area contributed by atoms with Gasteiger partial charge < -0.3 is 10.2 Å². The Kier molecular flexibility index (Phi) is 4.33. The van der Waals surface area contributed by atoms with Gasteiger partial charge in [0.05, 0.1) is 11.5 Å². The SMILES string of the molecule is O=C(O)CNC(C(=O)O)c1ccc([N+](=O)[O-])cc1. The van der Waals surface area contributed by atoms with E-state index in [2.05, 4.69) is 5.32 Å². The summed E-state index contributed by atoms with van der Waals surface area (Å²) in [5.74, 6) is -2.45. The van der Waals surface area contributed by atoms with Crippen molar-refractivity contribution in [3.63, 3.8) is 0 Å². The number of carbonyl (C=O) groups is 2. The number of hydrogen-bond donors (Lipinski definition) is 3. The molecule has 0 aromatic heterocycles. The molecule has 0 heterocycles. The van der Waals surface area contributed by atoms with Gasteiger partial charge in [-0.25, -0.2) is 0 Å². The number of rotatable bonds is 6. The number of nitrogens with one attached hydrogen (secondary N) is 1. The zero-order chi connectivity index (χ0) is 13.7. The highest BCUT2D eigenvalue weighted by molar-refractivity contribution is 5.77. The number of aliphatic carboxylic acids is 2. The standard InChI is InChI=1S/C10H10N2O6/c13-8(14)5-11-9(10(15)16)6-1-3-7(4-2-6)12(17)18/h1-4,9,11H,5H2,(H,13,14)(H,15,16). The van der Waals surface area contributed by atoms with Crippen molar-refractivity contribution in [2.45, 2.75) is 6.04 Å². The van der Waals surface area contributed by atoms with Crippen molar-refractivity contribution in [1.29, 1.82) is 0 Å². The largest absolute Gasteiger partial charge is 0.480 e. The molecule has 0 radical (unpaired) electrons. The Bertz CT molecular complexity index is 470. The van der Waals surface area contributed by atoms with Gasteiger partial charge in [0.2, 0.25) is 0 Å². The lowest BCUT2D eigenvalue weighted by Gasteiger charge is -2.12. The number of nitro groups is 1. The minimum atomic E-state index is -1.26. The summed E-state index contributed by atoms with van der Waals surface area (Å²) in [5.41, 5.74) is 0.0791. The molecular weight excluding hydrogens is 244 g/mol. The molecule has 18 heavy (non-hydrogen) atoms. The second-order valence-corrected chi connectivity index (χ2v) is 3.39. The molecule has 3 N–H and O–H groups in total. The summed E-state index contributed by atoms with van der Waals surface area (Å²) < 4.78 is 0. The van der Waals surface area contributed by atoms with Gasteiger partial charge in [0, 0.05) is 12.1 Å². The van der Waals surface area contributed by atoms with Crippen LogP contribution < -0.4 is 5.32 Å². The zero-order valence-electron chi connectivity index (χ0n) is 9.07. The van der Waals surface area contributed by atoms with Crippen LogP contribution in [0.2, 0.25) is 0 Å². The third-order valence-corrected chi connectivity index (χ3v) is 2.14. The summed E-state index contributed by atoms with van der Waals surface area (Å²) in [4.78, 5) is 31.1. The number of carboxylic acids is 2. The average molecular weight is 254 g/mol. The molecule has 8 nitrogen and oxygen atoms in total. The number of carboxylic acid groups (broad SMARTS) is 2. The molecule has 1 atom stereocenters. The van der Waals surface area contributed by atoms with Crippen molar-refractivity contribution >= 4 is 17.6 Å². The fourth-order valence-electron chi connectivity index (χ4n) is 1.33. The van der Waals surface area contributed by atoms with Gasteiger partial charge >= 0.3 is 11.9 Å². The highest BCUT2D eigenvalue weighted by Gasteiger charge is 2.20. The molecular formula is C10H10N2O6. The van der Waals surface area contributed by atoms with Crippen molar-refractivity contribution in [3.05, 3.63) is 39.9 Å². The quantitative estimate of drug-likeness (QED) is 0.494.